The van der Waals surface area contributed by atoms with Crippen molar-refractivity contribution >= 4 is 65.7 Å². The lowest BCUT2D eigenvalue weighted by molar-refractivity contribution is 0.668. The Morgan fingerprint density at radius 1 is 0.333 bits per heavy atom. The molecule has 0 spiro atoms. The van der Waals surface area contributed by atoms with E-state index in [2.05, 4.69) is 132 Å². The number of fused-ring (bicyclic) bond motifs is 9. The van der Waals surface area contributed by atoms with Crippen LogP contribution in [0.25, 0.3) is 117 Å². The molecule has 0 aliphatic carbocycles. The highest BCUT2D eigenvalue weighted by Crippen LogP contribution is 2.39. The van der Waals surface area contributed by atoms with Gasteiger partial charge in [0.1, 0.15) is 22.3 Å². The molecule has 12 aromatic rings. The molecule has 0 aliphatic heterocycles. The van der Waals surface area contributed by atoms with Crippen molar-refractivity contribution in [2.45, 2.75) is 0 Å². The summed E-state index contributed by atoms with van der Waals surface area (Å²) >= 11 is 0. The van der Waals surface area contributed by atoms with E-state index in [0.29, 0.717) is 17.5 Å². The number of benzene rings is 8. The van der Waals surface area contributed by atoms with E-state index < -0.39 is 0 Å². The third-order valence-electron chi connectivity index (χ3n) is 11.1. The number of para-hydroxylation sites is 3. The van der Waals surface area contributed by atoms with Crippen molar-refractivity contribution in [3.05, 3.63) is 182 Å². The number of aromatic nitrogens is 4. The highest BCUT2D eigenvalue weighted by Gasteiger charge is 2.19. The minimum absolute atomic E-state index is 0.558. The maximum absolute atomic E-state index is 6.29. The number of rotatable bonds is 5. The molecule has 12 rings (SSSR count). The third kappa shape index (κ3) is 5.01. The summed E-state index contributed by atoms with van der Waals surface area (Å²) in [6.45, 7) is 0. The molecule has 0 radical (unpaired) electrons. The molecule has 0 N–H and O–H groups in total. The normalized spacial score (nSPS) is 11.9. The van der Waals surface area contributed by atoms with Crippen molar-refractivity contribution < 1.29 is 8.83 Å². The highest BCUT2D eigenvalue weighted by molar-refractivity contribution is 6.12. The van der Waals surface area contributed by atoms with Crippen molar-refractivity contribution in [2.24, 2.45) is 0 Å². The molecule has 0 amide bonds. The molecule has 0 unspecified atom stereocenters. The second-order valence-electron chi connectivity index (χ2n) is 14.4. The predicted octanol–water partition coefficient (Wildman–Crippen LogP) is 13.4. The van der Waals surface area contributed by atoms with Crippen LogP contribution < -0.4 is 0 Å². The lowest BCUT2D eigenvalue weighted by atomic mass is 10.0. The monoisotopic (exact) mass is 730 g/mol. The fraction of sp³-hybridized carbons (Fsp3) is 0. The lowest BCUT2D eigenvalue weighted by Crippen LogP contribution is -2.01. The van der Waals surface area contributed by atoms with Crippen LogP contribution >= 0.6 is 0 Å². The Morgan fingerprint density at radius 3 is 1.77 bits per heavy atom. The van der Waals surface area contributed by atoms with Gasteiger partial charge in [0.05, 0.1) is 11.0 Å². The van der Waals surface area contributed by atoms with Crippen LogP contribution in [0.4, 0.5) is 0 Å². The van der Waals surface area contributed by atoms with Crippen molar-refractivity contribution in [3.63, 3.8) is 0 Å². The van der Waals surface area contributed by atoms with Crippen molar-refractivity contribution in [1.29, 1.82) is 0 Å². The highest BCUT2D eigenvalue weighted by atomic mass is 16.3. The lowest BCUT2D eigenvalue weighted by Gasteiger charge is -2.11. The molecule has 6 nitrogen and oxygen atoms in total. The Bertz CT molecular complexity index is 3520. The molecule has 0 aliphatic rings. The van der Waals surface area contributed by atoms with E-state index in [1.54, 1.807) is 0 Å². The Hall–Kier alpha value is -7.83. The molecule has 4 aromatic heterocycles. The standard InChI is InChI=1S/C51H30N4O2/c1-2-11-31(12-3-1)33-24-28-43-41(29-33)36-13-4-7-17-42(36)55(43)35-25-21-32(22-26-35)49-52-50(34-23-27-38-37-14-5-8-18-44(37)57-47(38)30-34)54-51(53-49)40-16-10-20-46-48(40)39-15-6-9-19-45(39)56-46/h1-30H. The third-order valence-corrected chi connectivity index (χ3v) is 11.1. The van der Waals surface area contributed by atoms with Gasteiger partial charge in [0.25, 0.3) is 0 Å². The van der Waals surface area contributed by atoms with Gasteiger partial charge in [-0.25, -0.2) is 15.0 Å². The summed E-state index contributed by atoms with van der Waals surface area (Å²) in [7, 11) is 0. The average molecular weight is 731 g/mol. The number of hydrogen-bond acceptors (Lipinski definition) is 5. The SMILES string of the molecule is c1ccc(-c2ccc3c(c2)c2ccccc2n3-c2ccc(-c3nc(-c4ccc5c(c4)oc4ccccc45)nc(-c4cccc5oc6ccccc6c45)n3)cc2)cc1. The van der Waals surface area contributed by atoms with Gasteiger partial charge in [-0.3, -0.25) is 0 Å². The van der Waals surface area contributed by atoms with Crippen LogP contribution in [0.5, 0.6) is 0 Å². The summed E-state index contributed by atoms with van der Waals surface area (Å²) in [6.07, 6.45) is 0. The maximum atomic E-state index is 6.29. The van der Waals surface area contributed by atoms with E-state index in [-0.39, 0.29) is 0 Å². The first-order chi connectivity index (χ1) is 28.2. The van der Waals surface area contributed by atoms with Crippen LogP contribution in [0.15, 0.2) is 191 Å². The Kier molecular flexibility index (Phi) is 6.83. The van der Waals surface area contributed by atoms with Crippen LogP contribution in [0.3, 0.4) is 0 Å². The van der Waals surface area contributed by atoms with Crippen molar-refractivity contribution in [3.8, 4) is 51.0 Å². The number of furan rings is 2. The van der Waals surface area contributed by atoms with Crippen LogP contribution in [-0.2, 0) is 0 Å². The molecule has 0 bridgehead atoms. The molecule has 57 heavy (non-hydrogen) atoms. The molecular weight excluding hydrogens is 701 g/mol. The summed E-state index contributed by atoms with van der Waals surface area (Å²) in [5, 5.41) is 6.54. The second-order valence-corrected chi connectivity index (χ2v) is 14.4. The van der Waals surface area contributed by atoms with E-state index in [0.717, 1.165) is 77.3 Å². The van der Waals surface area contributed by atoms with E-state index in [1.165, 1.54) is 21.9 Å². The zero-order valence-electron chi connectivity index (χ0n) is 30.4. The fourth-order valence-corrected chi connectivity index (χ4v) is 8.40. The van der Waals surface area contributed by atoms with Gasteiger partial charge < -0.3 is 13.4 Å². The van der Waals surface area contributed by atoms with Crippen LogP contribution in [0.2, 0.25) is 0 Å². The zero-order chi connectivity index (χ0) is 37.5. The van der Waals surface area contributed by atoms with Crippen LogP contribution in [-0.4, -0.2) is 19.5 Å². The average Bonchev–Trinajstić information content (AvgIpc) is 3.96. The number of nitrogens with zero attached hydrogens (tertiary/aromatic N) is 4. The summed E-state index contributed by atoms with van der Waals surface area (Å²) in [4.78, 5) is 15.4. The summed E-state index contributed by atoms with van der Waals surface area (Å²) in [6, 6.07) is 62.8. The summed E-state index contributed by atoms with van der Waals surface area (Å²) < 4.78 is 14.9. The first-order valence-electron chi connectivity index (χ1n) is 19.0. The molecule has 0 fully saturated rings. The van der Waals surface area contributed by atoms with Crippen LogP contribution in [0, 0.1) is 0 Å². The molecule has 0 saturated heterocycles. The van der Waals surface area contributed by atoms with Gasteiger partial charge in [0.15, 0.2) is 17.5 Å². The van der Waals surface area contributed by atoms with Crippen molar-refractivity contribution in [1.82, 2.24) is 19.5 Å². The summed E-state index contributed by atoms with van der Waals surface area (Å²) in [5.74, 6) is 1.70. The zero-order valence-corrected chi connectivity index (χ0v) is 30.4. The van der Waals surface area contributed by atoms with Gasteiger partial charge in [-0.2, -0.15) is 0 Å². The van der Waals surface area contributed by atoms with E-state index in [4.69, 9.17) is 23.8 Å². The first-order valence-corrected chi connectivity index (χ1v) is 19.0. The molecular formula is C51H30N4O2. The van der Waals surface area contributed by atoms with E-state index in [9.17, 15) is 0 Å². The molecule has 4 heterocycles. The molecule has 266 valence electrons. The predicted molar refractivity (Wildman–Crippen MR) is 230 cm³/mol. The molecule has 6 heteroatoms. The topological polar surface area (TPSA) is 69.9 Å². The second kappa shape index (κ2) is 12.3. The quantitative estimate of drug-likeness (QED) is 0.176. The van der Waals surface area contributed by atoms with Gasteiger partial charge in [0.2, 0.25) is 0 Å². The fourth-order valence-electron chi connectivity index (χ4n) is 8.40. The summed E-state index contributed by atoms with van der Waals surface area (Å²) in [5.41, 5.74) is 11.6. The van der Waals surface area contributed by atoms with Gasteiger partial charge in [-0.1, -0.05) is 109 Å². The minimum atomic E-state index is 0.558. The smallest absolute Gasteiger partial charge is 0.164 e. The Morgan fingerprint density at radius 2 is 0.930 bits per heavy atom. The first kappa shape index (κ1) is 31.5. The Balaban J connectivity index is 1.02. The van der Waals surface area contributed by atoms with Gasteiger partial charge in [-0.05, 0) is 83.9 Å². The maximum Gasteiger partial charge on any atom is 0.164 e. The largest absolute Gasteiger partial charge is 0.456 e. The van der Waals surface area contributed by atoms with Gasteiger partial charge in [-0.15, -0.1) is 0 Å². The number of hydrogen-bond donors (Lipinski definition) is 0. The molecule has 0 saturated carbocycles. The molecule has 8 aromatic carbocycles. The van der Waals surface area contributed by atoms with Gasteiger partial charge in [0, 0.05) is 54.7 Å². The molecule has 0 atom stereocenters. The Labute approximate surface area is 325 Å². The van der Waals surface area contributed by atoms with E-state index in [1.807, 2.05) is 54.6 Å². The minimum Gasteiger partial charge on any atom is -0.456 e. The van der Waals surface area contributed by atoms with Gasteiger partial charge >= 0.3 is 0 Å². The van der Waals surface area contributed by atoms with E-state index >= 15 is 0 Å². The van der Waals surface area contributed by atoms with Crippen molar-refractivity contribution in [2.75, 3.05) is 0 Å². The van der Waals surface area contributed by atoms with Crippen LogP contribution in [0.1, 0.15) is 0 Å².